The maximum atomic E-state index is 13.3. The van der Waals surface area contributed by atoms with Gasteiger partial charge in [0.15, 0.2) is 18.2 Å². The Morgan fingerprint density at radius 3 is 2.75 bits per heavy atom. The lowest BCUT2D eigenvalue weighted by Crippen LogP contribution is -2.64. The lowest BCUT2D eigenvalue weighted by Gasteiger charge is -2.46. The van der Waals surface area contributed by atoms with E-state index in [1.54, 1.807) is 0 Å². The Hall–Kier alpha value is -1.69. The van der Waals surface area contributed by atoms with Gasteiger partial charge in [-0.1, -0.05) is 13.3 Å². The lowest BCUT2D eigenvalue weighted by molar-refractivity contribution is -0.158. The van der Waals surface area contributed by atoms with Crippen molar-refractivity contribution in [3.63, 3.8) is 0 Å². The van der Waals surface area contributed by atoms with Gasteiger partial charge in [-0.15, -0.1) is 0 Å². The van der Waals surface area contributed by atoms with Crippen molar-refractivity contribution in [1.29, 1.82) is 0 Å². The molecule has 0 bridgehead atoms. The summed E-state index contributed by atoms with van der Waals surface area (Å²) in [4.78, 5) is 13.2. The van der Waals surface area contributed by atoms with E-state index in [9.17, 15) is 18.7 Å². The highest BCUT2D eigenvalue weighted by Crippen LogP contribution is 2.26. The van der Waals surface area contributed by atoms with Gasteiger partial charge in [0.25, 0.3) is 5.91 Å². The van der Waals surface area contributed by atoms with Gasteiger partial charge in [0.05, 0.1) is 18.7 Å². The molecule has 1 saturated heterocycles. The second-order valence-electron chi connectivity index (χ2n) is 5.09. The number of halogens is 2. The standard InChI is InChI=1S/C14H17F2NO3/c1-2-5-14(19)8-17(9-14)13(18)7-20-12-4-3-10(15)6-11(12)16/h3-4,6,19H,2,5,7-9H2,1H3. The highest BCUT2D eigenvalue weighted by atomic mass is 19.1. The summed E-state index contributed by atoms with van der Waals surface area (Å²) in [5.74, 6) is -2.03. The zero-order valence-corrected chi connectivity index (χ0v) is 11.2. The second kappa shape index (κ2) is 5.75. The summed E-state index contributed by atoms with van der Waals surface area (Å²) in [5.41, 5.74) is -0.800. The summed E-state index contributed by atoms with van der Waals surface area (Å²) < 4.78 is 31.0. The Morgan fingerprint density at radius 2 is 2.15 bits per heavy atom. The van der Waals surface area contributed by atoms with Crippen LogP contribution in [0.1, 0.15) is 19.8 Å². The Balaban J connectivity index is 1.82. The van der Waals surface area contributed by atoms with Gasteiger partial charge >= 0.3 is 0 Å². The van der Waals surface area contributed by atoms with Gasteiger partial charge in [0.2, 0.25) is 0 Å². The number of carbonyl (C=O) groups is 1. The van der Waals surface area contributed by atoms with Crippen molar-refractivity contribution in [2.24, 2.45) is 0 Å². The van der Waals surface area contributed by atoms with E-state index in [-0.39, 0.29) is 31.4 Å². The van der Waals surface area contributed by atoms with Crippen molar-refractivity contribution >= 4 is 5.91 Å². The highest BCUT2D eigenvalue weighted by Gasteiger charge is 2.42. The summed E-state index contributed by atoms with van der Waals surface area (Å²) >= 11 is 0. The third kappa shape index (κ3) is 3.25. The van der Waals surface area contributed by atoms with E-state index >= 15 is 0 Å². The van der Waals surface area contributed by atoms with Crippen molar-refractivity contribution in [3.8, 4) is 5.75 Å². The molecule has 0 aliphatic carbocycles. The molecule has 20 heavy (non-hydrogen) atoms. The third-order valence-corrected chi connectivity index (χ3v) is 3.28. The fourth-order valence-corrected chi connectivity index (χ4v) is 2.29. The molecule has 1 N–H and O–H groups in total. The number of benzene rings is 1. The molecule has 0 radical (unpaired) electrons. The van der Waals surface area contributed by atoms with Gasteiger partial charge in [0.1, 0.15) is 5.82 Å². The molecule has 0 saturated carbocycles. The molecule has 2 rings (SSSR count). The van der Waals surface area contributed by atoms with Crippen molar-refractivity contribution in [2.45, 2.75) is 25.4 Å². The first-order valence-corrected chi connectivity index (χ1v) is 6.51. The van der Waals surface area contributed by atoms with E-state index in [0.717, 1.165) is 18.6 Å². The summed E-state index contributed by atoms with van der Waals surface area (Å²) in [6, 6.07) is 2.90. The number of rotatable bonds is 5. The fourth-order valence-electron chi connectivity index (χ4n) is 2.29. The summed E-state index contributed by atoms with van der Waals surface area (Å²) in [5, 5.41) is 9.95. The summed E-state index contributed by atoms with van der Waals surface area (Å²) in [7, 11) is 0. The first-order chi connectivity index (χ1) is 9.43. The van der Waals surface area contributed by atoms with Gasteiger partial charge in [-0.05, 0) is 18.6 Å². The molecular formula is C14H17F2NO3. The number of aliphatic hydroxyl groups is 1. The van der Waals surface area contributed by atoms with Crippen LogP contribution in [0.5, 0.6) is 5.75 Å². The van der Waals surface area contributed by atoms with Crippen molar-refractivity contribution < 1.29 is 23.4 Å². The second-order valence-corrected chi connectivity index (χ2v) is 5.09. The molecule has 1 aromatic rings. The molecule has 4 nitrogen and oxygen atoms in total. The maximum absolute atomic E-state index is 13.3. The van der Waals surface area contributed by atoms with Crippen LogP contribution in [0.4, 0.5) is 8.78 Å². The topological polar surface area (TPSA) is 49.8 Å². The number of likely N-dealkylation sites (tertiary alicyclic amines) is 1. The number of amides is 1. The zero-order valence-electron chi connectivity index (χ0n) is 11.2. The number of carbonyl (C=O) groups excluding carboxylic acids is 1. The van der Waals surface area contributed by atoms with Crippen molar-refractivity contribution in [1.82, 2.24) is 4.90 Å². The Labute approximate surface area is 116 Å². The minimum Gasteiger partial charge on any atom is -0.481 e. The van der Waals surface area contributed by atoms with Crippen LogP contribution in [-0.4, -0.2) is 41.2 Å². The SMILES string of the molecule is CCCC1(O)CN(C(=O)COc2ccc(F)cc2F)C1. The predicted octanol–water partition coefficient (Wildman–Crippen LogP) is 1.72. The van der Waals surface area contributed by atoms with Gasteiger partial charge in [-0.25, -0.2) is 8.78 Å². The molecule has 0 spiro atoms. The number of β-amino-alcohol motifs (C(OH)–C–C–N with tert-alkyl or cyclic N) is 1. The van der Waals surface area contributed by atoms with Crippen LogP contribution in [-0.2, 0) is 4.79 Å². The Kier molecular flexibility index (Phi) is 4.23. The normalized spacial score (nSPS) is 16.7. The van der Waals surface area contributed by atoms with E-state index in [2.05, 4.69) is 0 Å². The van der Waals surface area contributed by atoms with Gasteiger partial charge in [0, 0.05) is 6.07 Å². The Morgan fingerprint density at radius 1 is 1.45 bits per heavy atom. The van der Waals surface area contributed by atoms with Crippen molar-refractivity contribution in [3.05, 3.63) is 29.8 Å². The van der Waals surface area contributed by atoms with Crippen LogP contribution in [0.15, 0.2) is 18.2 Å². The van der Waals surface area contributed by atoms with E-state index in [0.29, 0.717) is 12.5 Å². The molecule has 1 fully saturated rings. The molecule has 1 aliphatic rings. The largest absolute Gasteiger partial charge is 0.481 e. The molecule has 6 heteroatoms. The van der Waals surface area contributed by atoms with E-state index in [1.807, 2.05) is 6.92 Å². The van der Waals surface area contributed by atoms with Gasteiger partial charge < -0.3 is 14.7 Å². The van der Waals surface area contributed by atoms with Crippen LogP contribution in [0.3, 0.4) is 0 Å². The molecular weight excluding hydrogens is 268 g/mol. The summed E-state index contributed by atoms with van der Waals surface area (Å²) in [6.45, 7) is 2.18. The van der Waals surface area contributed by atoms with Crippen LogP contribution >= 0.6 is 0 Å². The molecule has 0 atom stereocenters. The van der Waals surface area contributed by atoms with Crippen LogP contribution < -0.4 is 4.74 Å². The molecule has 1 aliphatic heterocycles. The smallest absolute Gasteiger partial charge is 0.260 e. The minimum absolute atomic E-state index is 0.163. The van der Waals surface area contributed by atoms with Gasteiger partial charge in [-0.2, -0.15) is 0 Å². The van der Waals surface area contributed by atoms with Gasteiger partial charge in [-0.3, -0.25) is 4.79 Å². The monoisotopic (exact) mass is 285 g/mol. The maximum Gasteiger partial charge on any atom is 0.260 e. The van der Waals surface area contributed by atoms with E-state index in [1.165, 1.54) is 4.90 Å². The molecule has 1 heterocycles. The molecule has 110 valence electrons. The average Bonchev–Trinajstić information content (AvgIpc) is 2.34. The van der Waals surface area contributed by atoms with E-state index in [4.69, 9.17) is 4.74 Å². The molecule has 0 aromatic heterocycles. The molecule has 0 unspecified atom stereocenters. The van der Waals surface area contributed by atoms with Crippen LogP contribution in [0, 0.1) is 11.6 Å². The lowest BCUT2D eigenvalue weighted by atomic mass is 9.89. The third-order valence-electron chi connectivity index (χ3n) is 3.28. The highest BCUT2D eigenvalue weighted by molar-refractivity contribution is 5.79. The van der Waals surface area contributed by atoms with Crippen LogP contribution in [0.25, 0.3) is 0 Å². The quantitative estimate of drug-likeness (QED) is 0.896. The minimum atomic E-state index is -0.844. The summed E-state index contributed by atoms with van der Waals surface area (Å²) in [6.07, 6.45) is 1.49. The number of nitrogens with zero attached hydrogens (tertiary/aromatic N) is 1. The van der Waals surface area contributed by atoms with Crippen molar-refractivity contribution in [2.75, 3.05) is 19.7 Å². The zero-order chi connectivity index (χ0) is 14.8. The van der Waals surface area contributed by atoms with Crippen LogP contribution in [0.2, 0.25) is 0 Å². The fraction of sp³-hybridized carbons (Fsp3) is 0.500. The first-order valence-electron chi connectivity index (χ1n) is 6.51. The Bertz CT molecular complexity index is 501. The molecule has 1 amide bonds. The van der Waals surface area contributed by atoms with E-state index < -0.39 is 17.2 Å². The molecule has 1 aromatic carbocycles. The number of hydrogen-bond acceptors (Lipinski definition) is 3. The number of ether oxygens (including phenoxy) is 1. The number of hydrogen-bond donors (Lipinski definition) is 1. The average molecular weight is 285 g/mol. The predicted molar refractivity (Wildman–Crippen MR) is 68.3 cm³/mol. The first kappa shape index (κ1) is 14.7.